The van der Waals surface area contributed by atoms with Gasteiger partial charge in [0.15, 0.2) is 5.06 Å². The third-order valence-corrected chi connectivity index (χ3v) is 1.88. The van der Waals surface area contributed by atoms with E-state index in [9.17, 15) is 4.79 Å². The largest absolute Gasteiger partial charge is 0.437 e. The molecule has 0 saturated carbocycles. The molecule has 5 heteroatoms. The Morgan fingerprint density at radius 2 is 2.45 bits per heavy atom. The molecule has 0 unspecified atom stereocenters. The van der Waals surface area contributed by atoms with Crippen LogP contribution in [-0.2, 0) is 0 Å². The second kappa shape index (κ2) is 3.36. The van der Waals surface area contributed by atoms with Crippen molar-refractivity contribution in [2.24, 2.45) is 0 Å². The van der Waals surface area contributed by atoms with Crippen LogP contribution >= 0.6 is 11.3 Å². The van der Waals surface area contributed by atoms with Crippen LogP contribution < -0.4 is 10.2 Å². The first-order valence-electron chi connectivity index (χ1n) is 2.90. The van der Waals surface area contributed by atoms with Crippen molar-refractivity contribution < 1.29 is 14.7 Å². The fraction of sp³-hybridized carbons (Fsp3) is 0.167. The molecule has 1 heterocycles. The highest BCUT2D eigenvalue weighted by Gasteiger charge is 2.02. The Morgan fingerprint density at radius 1 is 1.73 bits per heavy atom. The fourth-order valence-electron chi connectivity index (χ4n) is 0.581. The molecule has 2 N–H and O–H groups in total. The molecule has 0 fully saturated rings. The second-order valence-corrected chi connectivity index (χ2v) is 3.12. The first-order valence-corrected chi connectivity index (χ1v) is 3.72. The second-order valence-electron chi connectivity index (χ2n) is 1.87. The molecule has 0 aliphatic heterocycles. The summed E-state index contributed by atoms with van der Waals surface area (Å²) in [6, 6.07) is 3.49. The van der Waals surface area contributed by atoms with Crippen molar-refractivity contribution in [3.8, 4) is 5.06 Å². The van der Waals surface area contributed by atoms with E-state index in [1.807, 2.05) is 13.0 Å². The van der Waals surface area contributed by atoms with Crippen LogP contribution in [0.3, 0.4) is 0 Å². The summed E-state index contributed by atoms with van der Waals surface area (Å²) in [5.74, 6) is 0. The van der Waals surface area contributed by atoms with Crippen LogP contribution in [0.15, 0.2) is 12.1 Å². The van der Waals surface area contributed by atoms with E-state index in [2.05, 4.69) is 4.74 Å². The summed E-state index contributed by atoms with van der Waals surface area (Å²) in [5.41, 5.74) is 1.37. The van der Waals surface area contributed by atoms with E-state index < -0.39 is 6.09 Å². The summed E-state index contributed by atoms with van der Waals surface area (Å²) in [7, 11) is 0. The summed E-state index contributed by atoms with van der Waals surface area (Å²) in [5, 5.41) is 8.55. The van der Waals surface area contributed by atoms with E-state index in [1.165, 1.54) is 16.8 Å². The van der Waals surface area contributed by atoms with Crippen LogP contribution in [0.2, 0.25) is 0 Å². The van der Waals surface area contributed by atoms with Crippen molar-refractivity contribution in [2.75, 3.05) is 0 Å². The third-order valence-electron chi connectivity index (χ3n) is 1.00. The van der Waals surface area contributed by atoms with Gasteiger partial charge in [0.05, 0.1) is 0 Å². The monoisotopic (exact) mass is 173 g/mol. The van der Waals surface area contributed by atoms with Crippen molar-refractivity contribution >= 4 is 17.4 Å². The fourth-order valence-corrected chi connectivity index (χ4v) is 1.29. The zero-order chi connectivity index (χ0) is 8.27. The van der Waals surface area contributed by atoms with Gasteiger partial charge >= 0.3 is 6.09 Å². The van der Waals surface area contributed by atoms with Crippen LogP contribution in [0.4, 0.5) is 4.79 Å². The first kappa shape index (κ1) is 8.03. The van der Waals surface area contributed by atoms with Gasteiger partial charge in [-0.1, -0.05) is 0 Å². The molecule has 60 valence electrons. The Morgan fingerprint density at radius 3 is 2.91 bits per heavy atom. The van der Waals surface area contributed by atoms with Gasteiger partial charge < -0.3 is 4.74 Å². The molecule has 0 aliphatic carbocycles. The van der Waals surface area contributed by atoms with Crippen molar-refractivity contribution in [1.82, 2.24) is 5.48 Å². The van der Waals surface area contributed by atoms with E-state index in [1.54, 1.807) is 6.07 Å². The number of rotatable bonds is 1. The Kier molecular flexibility index (Phi) is 2.45. The molecule has 4 nitrogen and oxygen atoms in total. The molecular weight excluding hydrogens is 166 g/mol. The normalized spacial score (nSPS) is 9.27. The number of carbonyl (C=O) groups excluding carboxylic acids is 1. The Hall–Kier alpha value is -1.07. The van der Waals surface area contributed by atoms with Crippen molar-refractivity contribution in [2.45, 2.75) is 6.92 Å². The summed E-state index contributed by atoms with van der Waals surface area (Å²) in [6.45, 7) is 1.90. The van der Waals surface area contributed by atoms with E-state index in [0.717, 1.165) is 4.88 Å². The molecule has 1 aromatic rings. The highest BCUT2D eigenvalue weighted by Crippen LogP contribution is 2.22. The summed E-state index contributed by atoms with van der Waals surface area (Å²) < 4.78 is 4.60. The van der Waals surface area contributed by atoms with Gasteiger partial charge in [0, 0.05) is 4.88 Å². The summed E-state index contributed by atoms with van der Waals surface area (Å²) >= 11 is 1.34. The molecule has 0 aliphatic rings. The Balaban J connectivity index is 2.57. The minimum Gasteiger partial charge on any atom is -0.398 e. The Labute approximate surface area is 67.4 Å². The van der Waals surface area contributed by atoms with Crippen LogP contribution in [0.1, 0.15) is 4.88 Å². The van der Waals surface area contributed by atoms with Crippen LogP contribution in [-0.4, -0.2) is 11.3 Å². The molecule has 1 rings (SSSR count). The predicted octanol–water partition coefficient (Wildman–Crippen LogP) is 1.53. The average molecular weight is 173 g/mol. The van der Waals surface area contributed by atoms with Gasteiger partial charge in [-0.05, 0) is 19.1 Å². The predicted molar refractivity (Wildman–Crippen MR) is 40.0 cm³/mol. The molecule has 0 radical (unpaired) electrons. The first-order chi connectivity index (χ1) is 5.22. The van der Waals surface area contributed by atoms with Crippen molar-refractivity contribution in [1.29, 1.82) is 0 Å². The lowest BCUT2D eigenvalue weighted by atomic mass is 10.5. The van der Waals surface area contributed by atoms with Crippen LogP contribution in [0, 0.1) is 6.92 Å². The maximum absolute atomic E-state index is 10.4. The summed E-state index contributed by atoms with van der Waals surface area (Å²) in [4.78, 5) is 11.5. The van der Waals surface area contributed by atoms with Crippen molar-refractivity contribution in [3.05, 3.63) is 17.0 Å². The number of aryl methyl sites for hydroxylation is 1. The number of hydroxylamine groups is 1. The van der Waals surface area contributed by atoms with Gasteiger partial charge in [-0.25, -0.2) is 10.3 Å². The van der Waals surface area contributed by atoms with Gasteiger partial charge in [-0.15, -0.1) is 11.3 Å². The lowest BCUT2D eigenvalue weighted by molar-refractivity contribution is 0.128. The van der Waals surface area contributed by atoms with Crippen molar-refractivity contribution in [3.63, 3.8) is 0 Å². The lowest BCUT2D eigenvalue weighted by Crippen LogP contribution is -2.22. The van der Waals surface area contributed by atoms with Gasteiger partial charge in [0.2, 0.25) is 0 Å². The molecular formula is C6H7NO3S. The highest BCUT2D eigenvalue weighted by molar-refractivity contribution is 7.13. The zero-order valence-electron chi connectivity index (χ0n) is 5.83. The van der Waals surface area contributed by atoms with E-state index in [0.29, 0.717) is 5.06 Å². The molecule has 0 spiro atoms. The number of ether oxygens (including phenoxy) is 1. The minimum absolute atomic E-state index is 0.467. The molecule has 0 saturated heterocycles. The topological polar surface area (TPSA) is 58.6 Å². The van der Waals surface area contributed by atoms with Crippen LogP contribution in [0.25, 0.3) is 0 Å². The smallest absolute Gasteiger partial charge is 0.398 e. The lowest BCUT2D eigenvalue weighted by Gasteiger charge is -1.96. The minimum atomic E-state index is -0.869. The van der Waals surface area contributed by atoms with Gasteiger partial charge in [0.1, 0.15) is 0 Å². The SMILES string of the molecule is Cc1ccc(OC(=O)NO)s1. The molecule has 1 amide bonds. The maximum atomic E-state index is 10.4. The molecule has 1 aromatic heterocycles. The molecule has 0 atom stereocenters. The molecule has 0 aromatic carbocycles. The molecule has 11 heavy (non-hydrogen) atoms. The van der Waals surface area contributed by atoms with E-state index >= 15 is 0 Å². The quantitative estimate of drug-likeness (QED) is 0.500. The van der Waals surface area contributed by atoms with E-state index in [-0.39, 0.29) is 0 Å². The number of hydrogen-bond acceptors (Lipinski definition) is 4. The third kappa shape index (κ3) is 2.21. The van der Waals surface area contributed by atoms with Gasteiger partial charge in [-0.2, -0.15) is 0 Å². The summed E-state index contributed by atoms with van der Waals surface area (Å²) in [6.07, 6.45) is -0.869. The average Bonchev–Trinajstić information content (AvgIpc) is 2.35. The number of nitrogens with one attached hydrogen (secondary N) is 1. The van der Waals surface area contributed by atoms with Crippen LogP contribution in [0.5, 0.6) is 5.06 Å². The Bertz CT molecular complexity index is 258. The number of amides is 1. The highest BCUT2D eigenvalue weighted by atomic mass is 32.1. The number of thiophene rings is 1. The molecule has 0 bridgehead atoms. The standard InChI is InChI=1S/C6H7NO3S/c1-4-2-3-5(11-4)10-6(8)7-9/h2-3,9H,1H3,(H,7,8). The van der Waals surface area contributed by atoms with E-state index in [4.69, 9.17) is 5.21 Å². The zero-order valence-corrected chi connectivity index (χ0v) is 6.64. The van der Waals surface area contributed by atoms with Gasteiger partial charge in [0.25, 0.3) is 0 Å². The van der Waals surface area contributed by atoms with Gasteiger partial charge in [-0.3, -0.25) is 5.21 Å². The maximum Gasteiger partial charge on any atom is 0.437 e. The number of hydrogen-bond donors (Lipinski definition) is 2. The number of carbonyl (C=O) groups is 1.